The monoisotopic (exact) mass is 332 g/mol. The van der Waals surface area contributed by atoms with E-state index in [4.69, 9.17) is 23.2 Å². The van der Waals surface area contributed by atoms with Crippen molar-refractivity contribution in [3.63, 3.8) is 0 Å². The van der Waals surface area contributed by atoms with Crippen LogP contribution in [0.4, 0.5) is 18.9 Å². The van der Waals surface area contributed by atoms with Crippen LogP contribution < -0.4 is 5.43 Å². The predicted octanol–water partition coefficient (Wildman–Crippen LogP) is 5.46. The zero-order valence-corrected chi connectivity index (χ0v) is 12.0. The van der Waals surface area contributed by atoms with Gasteiger partial charge in [0.05, 0.1) is 27.5 Å². The molecule has 0 unspecified atom stereocenters. The van der Waals surface area contributed by atoms with Crippen LogP contribution >= 0.6 is 23.2 Å². The Balaban J connectivity index is 2.17. The van der Waals surface area contributed by atoms with E-state index in [1.165, 1.54) is 24.3 Å². The molecule has 0 fully saturated rings. The largest absolute Gasteiger partial charge is 0.417 e. The summed E-state index contributed by atoms with van der Waals surface area (Å²) in [6.45, 7) is 0. The minimum absolute atomic E-state index is 0.0300. The molecule has 7 heteroatoms. The lowest BCUT2D eigenvalue weighted by Gasteiger charge is -2.09. The Hall–Kier alpha value is -1.72. The van der Waals surface area contributed by atoms with Crippen LogP contribution in [0.2, 0.25) is 10.0 Å². The summed E-state index contributed by atoms with van der Waals surface area (Å²) < 4.78 is 38.3. The van der Waals surface area contributed by atoms with Gasteiger partial charge in [0.2, 0.25) is 0 Å². The molecule has 1 N–H and O–H groups in total. The molecule has 21 heavy (non-hydrogen) atoms. The second kappa shape index (κ2) is 6.37. The molecular weight excluding hydrogens is 324 g/mol. The van der Waals surface area contributed by atoms with Crippen molar-refractivity contribution in [3.05, 3.63) is 63.6 Å². The summed E-state index contributed by atoms with van der Waals surface area (Å²) in [6, 6.07) is 9.87. The van der Waals surface area contributed by atoms with E-state index < -0.39 is 11.7 Å². The second-order valence-electron chi connectivity index (χ2n) is 4.08. The summed E-state index contributed by atoms with van der Waals surface area (Å²) in [5, 5.41) is 4.49. The van der Waals surface area contributed by atoms with Gasteiger partial charge in [-0.25, -0.2) is 0 Å². The van der Waals surface area contributed by atoms with E-state index >= 15 is 0 Å². The first-order valence-corrected chi connectivity index (χ1v) is 6.54. The molecule has 0 aliphatic heterocycles. The molecule has 2 nitrogen and oxygen atoms in total. The van der Waals surface area contributed by atoms with Crippen LogP contribution in [0.25, 0.3) is 0 Å². The van der Waals surface area contributed by atoms with Gasteiger partial charge in [-0.3, -0.25) is 5.43 Å². The van der Waals surface area contributed by atoms with Gasteiger partial charge >= 0.3 is 6.18 Å². The molecular formula is C14H9Cl2F3N2. The predicted molar refractivity (Wildman–Crippen MR) is 79.1 cm³/mol. The maximum Gasteiger partial charge on any atom is 0.417 e. The Kier molecular flexibility index (Phi) is 4.75. The number of nitrogens with one attached hydrogen (secondary N) is 1. The van der Waals surface area contributed by atoms with Crippen LogP contribution in [0.15, 0.2) is 47.6 Å². The molecule has 0 radical (unpaired) electrons. The molecule has 0 aliphatic carbocycles. The Labute approximate surface area is 129 Å². The molecule has 0 bridgehead atoms. The Morgan fingerprint density at radius 1 is 1.00 bits per heavy atom. The molecule has 2 rings (SSSR count). The van der Waals surface area contributed by atoms with Gasteiger partial charge in [0, 0.05) is 5.56 Å². The van der Waals surface area contributed by atoms with E-state index in [0.29, 0.717) is 15.7 Å². The van der Waals surface area contributed by atoms with Gasteiger partial charge in [-0.2, -0.15) is 18.3 Å². The highest BCUT2D eigenvalue weighted by atomic mass is 35.5. The minimum Gasteiger partial charge on any atom is -0.278 e. The highest BCUT2D eigenvalue weighted by Gasteiger charge is 2.32. The first-order valence-electron chi connectivity index (χ1n) is 5.78. The lowest BCUT2D eigenvalue weighted by atomic mass is 10.1. The van der Waals surface area contributed by atoms with Crippen molar-refractivity contribution in [1.82, 2.24) is 0 Å². The first-order chi connectivity index (χ1) is 9.88. The molecule has 0 spiro atoms. The standard InChI is InChI=1S/C14H9Cl2F3N2/c15-12-6-5-10(7-13(12)16)21-20-8-9-3-1-2-4-11(9)14(17,18)19/h1-8,21H/b20-8-. The molecule has 2 aromatic carbocycles. The number of rotatable bonds is 3. The Morgan fingerprint density at radius 3 is 2.38 bits per heavy atom. The van der Waals surface area contributed by atoms with E-state index in [2.05, 4.69) is 10.5 Å². The van der Waals surface area contributed by atoms with Gasteiger partial charge in [0.25, 0.3) is 0 Å². The summed E-state index contributed by atoms with van der Waals surface area (Å²) in [4.78, 5) is 0. The summed E-state index contributed by atoms with van der Waals surface area (Å²) in [6.07, 6.45) is -3.32. The first kappa shape index (κ1) is 15.7. The molecule has 0 atom stereocenters. The molecule has 0 amide bonds. The zero-order chi connectivity index (χ0) is 15.5. The quantitative estimate of drug-likeness (QED) is 0.585. The zero-order valence-electron chi connectivity index (χ0n) is 10.5. The van der Waals surface area contributed by atoms with E-state index in [9.17, 15) is 13.2 Å². The number of halogens is 5. The normalized spacial score (nSPS) is 11.9. The number of anilines is 1. The number of nitrogens with zero attached hydrogens (tertiary/aromatic N) is 1. The van der Waals surface area contributed by atoms with Crippen molar-refractivity contribution in [2.75, 3.05) is 5.43 Å². The van der Waals surface area contributed by atoms with Gasteiger partial charge in [-0.05, 0) is 24.3 Å². The number of hydrogen-bond acceptors (Lipinski definition) is 2. The lowest BCUT2D eigenvalue weighted by Crippen LogP contribution is -2.08. The van der Waals surface area contributed by atoms with Crippen molar-refractivity contribution in [2.24, 2.45) is 5.10 Å². The third-order valence-corrected chi connectivity index (χ3v) is 3.32. The SMILES string of the molecule is FC(F)(F)c1ccccc1/C=N\Nc1ccc(Cl)c(Cl)c1. The van der Waals surface area contributed by atoms with Crippen molar-refractivity contribution in [3.8, 4) is 0 Å². The van der Waals surface area contributed by atoms with Crippen molar-refractivity contribution in [1.29, 1.82) is 0 Å². The molecule has 0 aromatic heterocycles. The number of hydrogen-bond donors (Lipinski definition) is 1. The van der Waals surface area contributed by atoms with Crippen molar-refractivity contribution < 1.29 is 13.2 Å². The van der Waals surface area contributed by atoms with Gasteiger partial charge in [-0.1, -0.05) is 41.4 Å². The van der Waals surface area contributed by atoms with E-state index in [-0.39, 0.29) is 5.56 Å². The van der Waals surface area contributed by atoms with E-state index in [1.807, 2.05) is 0 Å². The van der Waals surface area contributed by atoms with Crippen LogP contribution in [0, 0.1) is 0 Å². The third-order valence-electron chi connectivity index (χ3n) is 2.58. The lowest BCUT2D eigenvalue weighted by molar-refractivity contribution is -0.137. The van der Waals surface area contributed by atoms with Crippen LogP contribution in [-0.2, 0) is 6.18 Å². The topological polar surface area (TPSA) is 24.4 Å². The fourth-order valence-electron chi connectivity index (χ4n) is 1.61. The summed E-state index contributed by atoms with van der Waals surface area (Å²) >= 11 is 11.6. The smallest absolute Gasteiger partial charge is 0.278 e. The van der Waals surface area contributed by atoms with Crippen molar-refractivity contribution in [2.45, 2.75) is 6.18 Å². The molecule has 0 saturated carbocycles. The van der Waals surface area contributed by atoms with Gasteiger partial charge < -0.3 is 0 Å². The maximum absolute atomic E-state index is 12.8. The average Bonchev–Trinajstić information content (AvgIpc) is 2.42. The number of hydrazone groups is 1. The average molecular weight is 333 g/mol. The van der Waals surface area contributed by atoms with Crippen LogP contribution in [0.1, 0.15) is 11.1 Å². The van der Waals surface area contributed by atoms with Crippen LogP contribution in [0.3, 0.4) is 0 Å². The second-order valence-corrected chi connectivity index (χ2v) is 4.90. The fraction of sp³-hybridized carbons (Fsp3) is 0.0714. The summed E-state index contributed by atoms with van der Waals surface area (Å²) in [7, 11) is 0. The highest BCUT2D eigenvalue weighted by molar-refractivity contribution is 6.42. The number of benzene rings is 2. The van der Waals surface area contributed by atoms with E-state index in [0.717, 1.165) is 12.3 Å². The van der Waals surface area contributed by atoms with E-state index in [1.54, 1.807) is 12.1 Å². The highest BCUT2D eigenvalue weighted by Crippen LogP contribution is 2.31. The molecule has 110 valence electrons. The summed E-state index contributed by atoms with van der Waals surface area (Å²) in [5.41, 5.74) is 2.34. The minimum atomic E-state index is -4.42. The molecule has 2 aromatic rings. The fourth-order valence-corrected chi connectivity index (χ4v) is 1.91. The molecule has 0 heterocycles. The maximum atomic E-state index is 12.8. The van der Waals surface area contributed by atoms with Crippen LogP contribution in [-0.4, -0.2) is 6.21 Å². The van der Waals surface area contributed by atoms with Crippen LogP contribution in [0.5, 0.6) is 0 Å². The molecule has 0 saturated heterocycles. The Morgan fingerprint density at radius 2 is 1.71 bits per heavy atom. The Bertz CT molecular complexity index is 670. The van der Waals surface area contributed by atoms with Crippen molar-refractivity contribution >= 4 is 35.1 Å². The van der Waals surface area contributed by atoms with Gasteiger partial charge in [0.1, 0.15) is 0 Å². The van der Waals surface area contributed by atoms with Gasteiger partial charge in [-0.15, -0.1) is 0 Å². The summed E-state index contributed by atoms with van der Waals surface area (Å²) in [5.74, 6) is 0. The third kappa shape index (κ3) is 4.12. The molecule has 0 aliphatic rings. The number of alkyl halides is 3. The van der Waals surface area contributed by atoms with Gasteiger partial charge in [0.15, 0.2) is 0 Å².